The number of furan rings is 1. The van der Waals surface area contributed by atoms with Crippen molar-refractivity contribution in [2.75, 3.05) is 6.61 Å². The fourth-order valence-corrected chi connectivity index (χ4v) is 2.79. The van der Waals surface area contributed by atoms with Crippen LogP contribution in [-0.4, -0.2) is 24.5 Å². The SMILES string of the molecule is CC(=O)Oc1ccc(-c2ccc(C(=O)OCC(=O)N[C@@H](C)c3ccco3)cc2)cc1. The van der Waals surface area contributed by atoms with Gasteiger partial charge in [-0.15, -0.1) is 0 Å². The predicted octanol–water partition coefficient (Wildman–Crippen LogP) is 3.91. The van der Waals surface area contributed by atoms with Gasteiger partial charge in [0.15, 0.2) is 6.61 Å². The van der Waals surface area contributed by atoms with Gasteiger partial charge < -0.3 is 19.2 Å². The Kier molecular flexibility index (Phi) is 6.64. The van der Waals surface area contributed by atoms with Crippen molar-refractivity contribution in [2.45, 2.75) is 19.9 Å². The summed E-state index contributed by atoms with van der Waals surface area (Å²) < 4.78 is 15.3. The number of rotatable bonds is 7. The largest absolute Gasteiger partial charge is 0.467 e. The summed E-state index contributed by atoms with van der Waals surface area (Å²) in [5, 5.41) is 2.69. The van der Waals surface area contributed by atoms with E-state index in [1.807, 2.05) is 12.1 Å². The molecule has 0 saturated carbocycles. The van der Waals surface area contributed by atoms with Gasteiger partial charge in [0.2, 0.25) is 0 Å². The summed E-state index contributed by atoms with van der Waals surface area (Å²) in [6.07, 6.45) is 1.52. The van der Waals surface area contributed by atoms with Crippen molar-refractivity contribution >= 4 is 17.8 Å². The maximum absolute atomic E-state index is 12.2. The summed E-state index contributed by atoms with van der Waals surface area (Å²) in [6.45, 7) is 2.73. The first-order chi connectivity index (χ1) is 14.4. The number of carbonyl (C=O) groups is 3. The molecule has 3 aromatic rings. The van der Waals surface area contributed by atoms with Crippen LogP contribution in [0.15, 0.2) is 71.3 Å². The lowest BCUT2D eigenvalue weighted by atomic mass is 10.0. The molecule has 0 radical (unpaired) electrons. The zero-order chi connectivity index (χ0) is 21.5. The van der Waals surface area contributed by atoms with E-state index in [4.69, 9.17) is 13.9 Å². The average molecular weight is 407 g/mol. The number of hydrogen-bond acceptors (Lipinski definition) is 6. The maximum atomic E-state index is 12.2. The molecule has 0 bridgehead atoms. The Bertz CT molecular complexity index is 1010. The Hall–Kier alpha value is -3.87. The normalized spacial score (nSPS) is 11.4. The fraction of sp³-hybridized carbons (Fsp3) is 0.174. The quantitative estimate of drug-likeness (QED) is 0.471. The molecule has 1 heterocycles. The molecular formula is C23H21NO6. The molecule has 1 aromatic heterocycles. The molecule has 1 amide bonds. The second kappa shape index (κ2) is 9.56. The first kappa shape index (κ1) is 20.9. The summed E-state index contributed by atoms with van der Waals surface area (Å²) in [7, 11) is 0. The lowest BCUT2D eigenvalue weighted by Crippen LogP contribution is -2.30. The minimum absolute atomic E-state index is 0.322. The van der Waals surface area contributed by atoms with Crippen LogP contribution in [-0.2, 0) is 14.3 Å². The minimum atomic E-state index is -0.590. The highest BCUT2D eigenvalue weighted by Gasteiger charge is 2.14. The molecule has 0 saturated heterocycles. The molecule has 0 spiro atoms. The van der Waals surface area contributed by atoms with Gasteiger partial charge >= 0.3 is 11.9 Å². The molecule has 0 unspecified atom stereocenters. The van der Waals surface area contributed by atoms with E-state index in [-0.39, 0.29) is 18.6 Å². The first-order valence-corrected chi connectivity index (χ1v) is 9.31. The van der Waals surface area contributed by atoms with Crippen LogP contribution in [0.2, 0.25) is 0 Å². The number of carbonyl (C=O) groups excluding carboxylic acids is 3. The Labute approximate surface area is 173 Å². The minimum Gasteiger partial charge on any atom is -0.467 e. The number of benzene rings is 2. The molecule has 0 aliphatic heterocycles. The van der Waals surface area contributed by atoms with Gasteiger partial charge in [-0.1, -0.05) is 24.3 Å². The molecule has 7 heteroatoms. The molecule has 2 aromatic carbocycles. The Balaban J connectivity index is 1.53. The van der Waals surface area contributed by atoms with Gasteiger partial charge in [0.05, 0.1) is 17.9 Å². The van der Waals surface area contributed by atoms with Crippen LogP contribution in [0, 0.1) is 0 Å². The zero-order valence-corrected chi connectivity index (χ0v) is 16.6. The molecule has 154 valence electrons. The second-order valence-electron chi connectivity index (χ2n) is 6.58. The third-order valence-electron chi connectivity index (χ3n) is 4.25. The van der Waals surface area contributed by atoms with Crippen LogP contribution >= 0.6 is 0 Å². The Morgan fingerprint density at radius 1 is 0.967 bits per heavy atom. The summed E-state index contributed by atoms with van der Waals surface area (Å²) in [6, 6.07) is 17.0. The summed E-state index contributed by atoms with van der Waals surface area (Å²) >= 11 is 0. The van der Waals surface area contributed by atoms with E-state index in [1.165, 1.54) is 13.2 Å². The van der Waals surface area contributed by atoms with Crippen molar-refractivity contribution in [3.05, 3.63) is 78.3 Å². The van der Waals surface area contributed by atoms with E-state index < -0.39 is 11.9 Å². The maximum Gasteiger partial charge on any atom is 0.338 e. The third kappa shape index (κ3) is 5.57. The van der Waals surface area contributed by atoms with Gasteiger partial charge in [0.25, 0.3) is 5.91 Å². The van der Waals surface area contributed by atoms with Crippen LogP contribution < -0.4 is 10.1 Å². The molecule has 1 atom stereocenters. The van der Waals surface area contributed by atoms with Crippen molar-refractivity contribution in [1.82, 2.24) is 5.32 Å². The number of amides is 1. The first-order valence-electron chi connectivity index (χ1n) is 9.31. The smallest absolute Gasteiger partial charge is 0.338 e. The van der Waals surface area contributed by atoms with E-state index in [1.54, 1.807) is 55.5 Å². The van der Waals surface area contributed by atoms with E-state index in [2.05, 4.69) is 5.32 Å². The highest BCUT2D eigenvalue weighted by molar-refractivity contribution is 5.92. The van der Waals surface area contributed by atoms with Crippen LogP contribution in [0.1, 0.15) is 36.0 Å². The predicted molar refractivity (Wildman–Crippen MR) is 109 cm³/mol. The van der Waals surface area contributed by atoms with E-state index >= 15 is 0 Å². The summed E-state index contributed by atoms with van der Waals surface area (Å²) in [5.74, 6) is -0.309. The topological polar surface area (TPSA) is 94.8 Å². The van der Waals surface area contributed by atoms with Crippen molar-refractivity contribution in [2.24, 2.45) is 0 Å². The fourth-order valence-electron chi connectivity index (χ4n) is 2.79. The lowest BCUT2D eigenvalue weighted by molar-refractivity contribution is -0.131. The number of ether oxygens (including phenoxy) is 2. The van der Waals surface area contributed by atoms with Gasteiger partial charge in [0, 0.05) is 6.92 Å². The average Bonchev–Trinajstić information content (AvgIpc) is 3.27. The van der Waals surface area contributed by atoms with Crippen LogP contribution in [0.3, 0.4) is 0 Å². The van der Waals surface area contributed by atoms with Crippen LogP contribution in [0.5, 0.6) is 5.75 Å². The standard InChI is InChI=1S/C23H21NO6/c1-15(21-4-3-13-28-21)24-22(26)14-29-23(27)19-7-5-17(6-8-19)18-9-11-20(12-10-18)30-16(2)25/h3-13,15H,14H2,1-2H3,(H,24,26)/t15-/m0/s1. The van der Waals surface area contributed by atoms with Crippen molar-refractivity contribution in [3.8, 4) is 16.9 Å². The number of hydrogen-bond donors (Lipinski definition) is 1. The highest BCUT2D eigenvalue weighted by atomic mass is 16.5. The summed E-state index contributed by atoms with van der Waals surface area (Å²) in [5.41, 5.74) is 2.12. The van der Waals surface area contributed by atoms with E-state index in [0.29, 0.717) is 17.1 Å². The van der Waals surface area contributed by atoms with E-state index in [0.717, 1.165) is 11.1 Å². The van der Waals surface area contributed by atoms with Crippen LogP contribution in [0.25, 0.3) is 11.1 Å². The van der Waals surface area contributed by atoms with Crippen molar-refractivity contribution in [3.63, 3.8) is 0 Å². The Morgan fingerprint density at radius 3 is 2.17 bits per heavy atom. The monoisotopic (exact) mass is 407 g/mol. The molecule has 1 N–H and O–H groups in total. The summed E-state index contributed by atoms with van der Waals surface area (Å²) in [4.78, 5) is 35.1. The molecule has 7 nitrogen and oxygen atoms in total. The second-order valence-corrected chi connectivity index (χ2v) is 6.58. The van der Waals surface area contributed by atoms with Crippen molar-refractivity contribution in [1.29, 1.82) is 0 Å². The van der Waals surface area contributed by atoms with E-state index in [9.17, 15) is 14.4 Å². The number of esters is 2. The highest BCUT2D eigenvalue weighted by Crippen LogP contribution is 2.23. The lowest BCUT2D eigenvalue weighted by Gasteiger charge is -2.11. The molecule has 0 aliphatic carbocycles. The number of nitrogens with one attached hydrogen (secondary N) is 1. The van der Waals surface area contributed by atoms with Gasteiger partial charge in [-0.3, -0.25) is 9.59 Å². The molecule has 30 heavy (non-hydrogen) atoms. The molecule has 3 rings (SSSR count). The third-order valence-corrected chi connectivity index (χ3v) is 4.25. The molecule has 0 fully saturated rings. The van der Waals surface area contributed by atoms with Crippen LogP contribution in [0.4, 0.5) is 0 Å². The van der Waals surface area contributed by atoms with Gasteiger partial charge in [-0.05, 0) is 54.4 Å². The van der Waals surface area contributed by atoms with Gasteiger partial charge in [-0.2, -0.15) is 0 Å². The Morgan fingerprint density at radius 2 is 1.60 bits per heavy atom. The molecule has 0 aliphatic rings. The van der Waals surface area contributed by atoms with Gasteiger partial charge in [0.1, 0.15) is 11.5 Å². The zero-order valence-electron chi connectivity index (χ0n) is 16.6. The molecular weight excluding hydrogens is 386 g/mol. The van der Waals surface area contributed by atoms with Crippen molar-refractivity contribution < 1.29 is 28.3 Å². The van der Waals surface area contributed by atoms with Gasteiger partial charge in [-0.25, -0.2) is 4.79 Å².